The van der Waals surface area contributed by atoms with Crippen molar-refractivity contribution in [2.75, 3.05) is 7.11 Å². The van der Waals surface area contributed by atoms with E-state index in [1.807, 2.05) is 0 Å². The first-order valence-electron chi connectivity index (χ1n) is 14.6. The minimum absolute atomic E-state index is 0.0233. The number of phenolic OH excluding ortho intramolecular Hbond substituents is 1. The lowest BCUT2D eigenvalue weighted by Gasteiger charge is -2.65. The largest absolute Gasteiger partial charge is 0.508 e. The first kappa shape index (κ1) is 26.2. The number of carbonyl (C=O) groups excluding carboxylic acids is 3. The van der Waals surface area contributed by atoms with Crippen molar-refractivity contribution in [3.8, 4) is 5.75 Å². The SMILES string of the molecule is COC(=O)C1=C2[C@]3([C@H]4C[C@H]5[C@H](CC[C@H](C)N53)[C@@]2(OC(C)=O)C4)[C@H]2CC[C@@H](C(=O)c3ccc(O)cc3)[C@@H](O)[C@@H]2[C@H]1O. The van der Waals surface area contributed by atoms with Crippen LogP contribution in [0.4, 0.5) is 0 Å². The summed E-state index contributed by atoms with van der Waals surface area (Å²) in [6, 6.07) is 6.38. The van der Waals surface area contributed by atoms with E-state index in [9.17, 15) is 29.7 Å². The van der Waals surface area contributed by atoms with Crippen molar-refractivity contribution in [2.45, 2.75) is 87.8 Å². The summed E-state index contributed by atoms with van der Waals surface area (Å²) in [5.74, 6) is -2.91. The molecule has 0 aromatic heterocycles. The van der Waals surface area contributed by atoms with Gasteiger partial charge in [0.1, 0.15) is 11.4 Å². The number of esters is 2. The lowest BCUT2D eigenvalue weighted by Crippen LogP contribution is -2.74. The molecule has 9 heteroatoms. The van der Waals surface area contributed by atoms with Crippen molar-refractivity contribution in [3.63, 3.8) is 0 Å². The lowest BCUT2D eigenvalue weighted by atomic mass is 9.51. The van der Waals surface area contributed by atoms with Crippen LogP contribution in [0, 0.1) is 29.6 Å². The maximum absolute atomic E-state index is 13.6. The van der Waals surface area contributed by atoms with Gasteiger partial charge in [-0.15, -0.1) is 0 Å². The minimum atomic E-state index is -1.37. The normalized spacial score (nSPS) is 46.0. The van der Waals surface area contributed by atoms with Crippen LogP contribution in [0.3, 0.4) is 0 Å². The Morgan fingerprint density at radius 2 is 1.73 bits per heavy atom. The highest BCUT2D eigenvalue weighted by molar-refractivity contribution is 5.98. The molecule has 9 nitrogen and oxygen atoms in total. The third kappa shape index (κ3) is 3.01. The Balaban J connectivity index is 1.41. The zero-order chi connectivity index (χ0) is 28.3. The molecule has 1 unspecified atom stereocenters. The first-order valence-corrected chi connectivity index (χ1v) is 14.6. The highest BCUT2D eigenvalue weighted by atomic mass is 16.6. The molecule has 1 aromatic carbocycles. The van der Waals surface area contributed by atoms with E-state index < -0.39 is 47.1 Å². The smallest absolute Gasteiger partial charge is 0.336 e. The van der Waals surface area contributed by atoms with Gasteiger partial charge >= 0.3 is 11.9 Å². The van der Waals surface area contributed by atoms with Gasteiger partial charge in [-0.2, -0.15) is 0 Å². The van der Waals surface area contributed by atoms with E-state index in [1.165, 1.54) is 26.2 Å². The predicted molar refractivity (Wildman–Crippen MR) is 141 cm³/mol. The quantitative estimate of drug-likeness (QED) is 0.381. The standard InChI is InChI=1S/C31H37NO8/c1-14-4-10-20-22-12-17-13-30(20,40-15(2)33)28-24(29(38)39-3)27(37)23-21(31(17,28)32(14)22)11-9-19(26(23)36)25(35)16-5-7-18(34)8-6-16/h5-8,14,17,19-23,26-27,34,36-37H,4,9-13H2,1-3H3/t14-,17-,19-,20-,21-,22-,23+,26+,27+,30-,31-/m0/s1. The molecule has 0 radical (unpaired) electrons. The van der Waals surface area contributed by atoms with Crippen LogP contribution in [-0.4, -0.2) is 80.5 Å². The number of aromatic hydroxyl groups is 1. The number of Topliss-reactive ketones (excluding diaryl/α,β-unsaturated/α-hetero) is 1. The minimum Gasteiger partial charge on any atom is -0.508 e. The van der Waals surface area contributed by atoms with E-state index in [2.05, 4.69) is 11.8 Å². The van der Waals surface area contributed by atoms with Crippen LogP contribution < -0.4 is 0 Å². The predicted octanol–water partition coefficient (Wildman–Crippen LogP) is 2.37. The van der Waals surface area contributed by atoms with Crippen molar-refractivity contribution < 1.29 is 39.2 Å². The molecule has 7 rings (SSSR count). The van der Waals surface area contributed by atoms with Crippen molar-refractivity contribution >= 4 is 17.7 Å². The van der Waals surface area contributed by atoms with E-state index in [1.54, 1.807) is 12.1 Å². The highest BCUT2D eigenvalue weighted by Gasteiger charge is 2.82. The van der Waals surface area contributed by atoms with Gasteiger partial charge in [0.15, 0.2) is 5.78 Å². The number of fused-ring (bicyclic) bond motifs is 2. The van der Waals surface area contributed by atoms with Crippen molar-refractivity contribution in [3.05, 3.63) is 41.0 Å². The molecule has 40 heavy (non-hydrogen) atoms. The second-order valence-corrected chi connectivity index (χ2v) is 12.9. The molecule has 5 fully saturated rings. The van der Waals surface area contributed by atoms with E-state index in [0.29, 0.717) is 30.4 Å². The number of hydrogen-bond acceptors (Lipinski definition) is 9. The van der Waals surface area contributed by atoms with Gasteiger partial charge in [0.05, 0.1) is 30.4 Å². The van der Waals surface area contributed by atoms with Crippen molar-refractivity contribution in [2.24, 2.45) is 29.6 Å². The molecule has 0 amide bonds. The third-order valence-electron chi connectivity index (χ3n) is 11.5. The topological polar surface area (TPSA) is 134 Å². The van der Waals surface area contributed by atoms with E-state index in [4.69, 9.17) is 9.47 Å². The van der Waals surface area contributed by atoms with Crippen LogP contribution in [0.5, 0.6) is 5.75 Å². The fourth-order valence-electron chi connectivity index (χ4n) is 10.6. The monoisotopic (exact) mass is 551 g/mol. The van der Waals surface area contributed by atoms with E-state index in [0.717, 1.165) is 19.3 Å². The molecular formula is C31H37NO8. The summed E-state index contributed by atoms with van der Waals surface area (Å²) in [6.07, 6.45) is 1.77. The Morgan fingerprint density at radius 1 is 1.02 bits per heavy atom. The van der Waals surface area contributed by atoms with Crippen LogP contribution >= 0.6 is 0 Å². The molecular weight excluding hydrogens is 514 g/mol. The van der Waals surface area contributed by atoms with Gasteiger partial charge in [0.2, 0.25) is 0 Å². The number of aliphatic hydroxyl groups excluding tert-OH is 2. The summed E-state index contributed by atoms with van der Waals surface area (Å²) < 4.78 is 11.5. The second-order valence-electron chi connectivity index (χ2n) is 12.9. The Hall–Kier alpha value is -2.75. The number of hydrogen-bond donors (Lipinski definition) is 3. The number of ether oxygens (including phenoxy) is 2. The summed E-state index contributed by atoms with van der Waals surface area (Å²) in [5.41, 5.74) is -0.433. The summed E-state index contributed by atoms with van der Waals surface area (Å²) in [5, 5.41) is 33.6. The first-order chi connectivity index (χ1) is 19.1. The van der Waals surface area contributed by atoms with Gasteiger partial charge in [-0.25, -0.2) is 4.79 Å². The van der Waals surface area contributed by atoms with Crippen LogP contribution in [0.25, 0.3) is 0 Å². The number of aliphatic hydroxyl groups is 2. The number of benzene rings is 1. The molecule has 3 aliphatic carbocycles. The number of nitrogens with zero attached hydrogens (tertiary/aromatic N) is 1. The van der Waals surface area contributed by atoms with Crippen LogP contribution in [0.15, 0.2) is 35.4 Å². The Morgan fingerprint density at radius 3 is 2.40 bits per heavy atom. The second kappa shape index (κ2) is 8.63. The molecule has 2 saturated carbocycles. The fourth-order valence-corrected chi connectivity index (χ4v) is 10.6. The van der Waals surface area contributed by atoms with Crippen molar-refractivity contribution in [1.82, 2.24) is 4.90 Å². The van der Waals surface area contributed by atoms with Crippen LogP contribution in [-0.2, 0) is 19.1 Å². The molecule has 5 bridgehead atoms. The number of ketones is 1. The Labute approximate surface area is 233 Å². The number of piperidine rings is 2. The van der Waals surface area contributed by atoms with E-state index >= 15 is 0 Å². The molecule has 12 atom stereocenters. The average molecular weight is 552 g/mol. The summed E-state index contributed by atoms with van der Waals surface area (Å²) >= 11 is 0. The Bertz CT molecular complexity index is 1320. The van der Waals surface area contributed by atoms with Crippen LogP contribution in [0.1, 0.15) is 62.7 Å². The molecule has 3 N–H and O–H groups in total. The van der Waals surface area contributed by atoms with Gasteiger partial charge in [0, 0.05) is 47.9 Å². The molecule has 214 valence electrons. The maximum atomic E-state index is 13.6. The lowest BCUT2D eigenvalue weighted by molar-refractivity contribution is -0.186. The molecule has 1 aromatic rings. The Kier molecular flexibility index (Phi) is 5.64. The highest BCUT2D eigenvalue weighted by Crippen LogP contribution is 2.76. The molecule has 1 spiro atoms. The molecule has 3 saturated heterocycles. The van der Waals surface area contributed by atoms with Gasteiger partial charge < -0.3 is 24.8 Å². The number of phenols is 1. The summed E-state index contributed by atoms with van der Waals surface area (Å²) in [4.78, 5) is 42.3. The third-order valence-corrected chi connectivity index (χ3v) is 11.5. The fraction of sp³-hybridized carbons (Fsp3) is 0.645. The number of methoxy groups -OCH3 is 1. The van der Waals surface area contributed by atoms with Gasteiger partial charge in [-0.1, -0.05) is 0 Å². The zero-order valence-electron chi connectivity index (χ0n) is 23.1. The molecule has 3 heterocycles. The summed E-state index contributed by atoms with van der Waals surface area (Å²) in [6.45, 7) is 3.62. The zero-order valence-corrected chi connectivity index (χ0v) is 23.1. The van der Waals surface area contributed by atoms with Gasteiger partial charge in [-0.3, -0.25) is 14.5 Å². The van der Waals surface area contributed by atoms with Gasteiger partial charge in [0.25, 0.3) is 0 Å². The maximum Gasteiger partial charge on any atom is 0.336 e. The average Bonchev–Trinajstić information content (AvgIpc) is 3.32. The van der Waals surface area contributed by atoms with E-state index in [-0.39, 0.29) is 46.9 Å². The number of rotatable bonds is 4. The van der Waals surface area contributed by atoms with Gasteiger partial charge in [-0.05, 0) is 81.5 Å². The number of carbonyl (C=O) groups is 3. The van der Waals surface area contributed by atoms with Crippen molar-refractivity contribution in [1.29, 1.82) is 0 Å². The molecule has 6 aliphatic rings. The molecule has 3 aliphatic heterocycles. The van der Waals surface area contributed by atoms with Crippen LogP contribution in [0.2, 0.25) is 0 Å². The summed E-state index contributed by atoms with van der Waals surface area (Å²) in [7, 11) is 1.28.